The maximum Gasteiger partial charge on any atom is 0.238 e. The zero-order valence-corrected chi connectivity index (χ0v) is 16.4. The summed E-state index contributed by atoms with van der Waals surface area (Å²) in [6.07, 6.45) is 0. The van der Waals surface area contributed by atoms with Gasteiger partial charge in [-0.3, -0.25) is 14.5 Å². The number of halogens is 1. The molecule has 146 valence electrons. The van der Waals surface area contributed by atoms with Crippen molar-refractivity contribution in [1.82, 2.24) is 4.90 Å². The highest BCUT2D eigenvalue weighted by molar-refractivity contribution is 6.32. The number of nitriles is 1. The number of ether oxygens (including phenoxy) is 1. The molecule has 0 aliphatic carbocycles. The number of hydrogen-bond donors (Lipinski definition) is 2. The molecule has 2 N–H and O–H groups in total. The second-order valence-corrected chi connectivity index (χ2v) is 6.34. The Labute approximate surface area is 168 Å². The van der Waals surface area contributed by atoms with Gasteiger partial charge in [0.05, 0.1) is 30.8 Å². The van der Waals surface area contributed by atoms with E-state index in [1.807, 2.05) is 13.0 Å². The van der Waals surface area contributed by atoms with Gasteiger partial charge in [0.25, 0.3) is 0 Å². The van der Waals surface area contributed by atoms with E-state index in [4.69, 9.17) is 21.6 Å². The lowest BCUT2D eigenvalue weighted by atomic mass is 10.2. The summed E-state index contributed by atoms with van der Waals surface area (Å²) in [5.74, 6) is 0.203. The van der Waals surface area contributed by atoms with Gasteiger partial charge in [-0.25, -0.2) is 0 Å². The lowest BCUT2D eigenvalue weighted by Crippen LogP contribution is -2.38. The Morgan fingerprint density at radius 3 is 2.14 bits per heavy atom. The third-order valence-electron chi connectivity index (χ3n) is 3.93. The molecule has 0 aliphatic heterocycles. The molecule has 0 saturated heterocycles. The minimum atomic E-state index is -0.278. The molecule has 0 aromatic heterocycles. The van der Waals surface area contributed by atoms with Crippen LogP contribution in [0.2, 0.25) is 5.02 Å². The molecule has 2 rings (SSSR count). The average Bonchev–Trinajstić information content (AvgIpc) is 2.68. The maximum atomic E-state index is 12.3. The summed E-state index contributed by atoms with van der Waals surface area (Å²) >= 11 is 5.97. The fourth-order valence-electron chi connectivity index (χ4n) is 2.44. The standard InChI is InChI=1S/C20H21ClN4O3/c1-3-25(12-19(26)23-15-6-8-17(28-2)9-7-15)13-20(27)24-16-5-4-14(11-22)18(21)10-16/h4-10H,3,12-13H2,1-2H3,(H,23,26)(H,24,27). The SMILES string of the molecule is CCN(CC(=O)Nc1ccc(OC)cc1)CC(=O)Nc1ccc(C#N)c(Cl)c1. The molecule has 0 heterocycles. The first kappa shape index (κ1) is 21.2. The van der Waals surface area contributed by atoms with Gasteiger partial charge in [0.1, 0.15) is 11.8 Å². The van der Waals surface area contributed by atoms with E-state index in [2.05, 4.69) is 10.6 Å². The number of likely N-dealkylation sites (N-methyl/N-ethyl adjacent to an activating group) is 1. The number of anilines is 2. The molecule has 0 radical (unpaired) electrons. The first-order valence-corrected chi connectivity index (χ1v) is 8.98. The number of rotatable bonds is 8. The summed E-state index contributed by atoms with van der Waals surface area (Å²) in [5, 5.41) is 14.7. The Hall–Kier alpha value is -3.08. The molecule has 2 amide bonds. The summed E-state index contributed by atoms with van der Waals surface area (Å²) in [5.41, 5.74) is 1.48. The lowest BCUT2D eigenvalue weighted by molar-refractivity contribution is -0.119. The monoisotopic (exact) mass is 400 g/mol. The second-order valence-electron chi connectivity index (χ2n) is 5.93. The molecule has 0 aliphatic rings. The number of amides is 2. The van der Waals surface area contributed by atoms with Crippen LogP contribution in [0.25, 0.3) is 0 Å². The van der Waals surface area contributed by atoms with Gasteiger partial charge in [-0.05, 0) is 49.0 Å². The molecule has 0 fully saturated rings. The Morgan fingerprint density at radius 1 is 1.07 bits per heavy atom. The number of hydrogen-bond acceptors (Lipinski definition) is 5. The molecular formula is C20H21ClN4O3. The highest BCUT2D eigenvalue weighted by Crippen LogP contribution is 2.20. The number of nitrogens with zero attached hydrogens (tertiary/aromatic N) is 2. The summed E-state index contributed by atoms with van der Waals surface area (Å²) < 4.78 is 5.08. The molecule has 2 aromatic rings. The summed E-state index contributed by atoms with van der Waals surface area (Å²) in [6.45, 7) is 2.51. The van der Waals surface area contributed by atoms with E-state index in [0.29, 0.717) is 29.2 Å². The van der Waals surface area contributed by atoms with E-state index >= 15 is 0 Å². The van der Waals surface area contributed by atoms with Crippen LogP contribution in [0.4, 0.5) is 11.4 Å². The Balaban J connectivity index is 1.88. The van der Waals surface area contributed by atoms with Crippen molar-refractivity contribution >= 4 is 34.8 Å². The fraction of sp³-hybridized carbons (Fsp3) is 0.250. The third-order valence-corrected chi connectivity index (χ3v) is 4.24. The average molecular weight is 401 g/mol. The fourth-order valence-corrected chi connectivity index (χ4v) is 2.67. The van der Waals surface area contributed by atoms with Crippen LogP contribution in [0.3, 0.4) is 0 Å². The molecule has 0 saturated carbocycles. The van der Waals surface area contributed by atoms with Crippen LogP contribution < -0.4 is 15.4 Å². The van der Waals surface area contributed by atoms with Gasteiger partial charge in [-0.2, -0.15) is 5.26 Å². The zero-order valence-electron chi connectivity index (χ0n) is 15.7. The van der Waals surface area contributed by atoms with Gasteiger partial charge < -0.3 is 15.4 Å². The van der Waals surface area contributed by atoms with Crippen molar-refractivity contribution in [1.29, 1.82) is 5.26 Å². The van der Waals surface area contributed by atoms with Crippen molar-refractivity contribution in [2.45, 2.75) is 6.92 Å². The van der Waals surface area contributed by atoms with Crippen LogP contribution in [0.5, 0.6) is 5.75 Å². The molecular weight excluding hydrogens is 380 g/mol. The normalized spacial score (nSPS) is 10.2. The summed E-state index contributed by atoms with van der Waals surface area (Å²) in [7, 11) is 1.57. The largest absolute Gasteiger partial charge is 0.497 e. The van der Waals surface area contributed by atoms with E-state index in [0.717, 1.165) is 0 Å². The number of nitrogens with one attached hydrogen (secondary N) is 2. The van der Waals surface area contributed by atoms with Gasteiger partial charge >= 0.3 is 0 Å². The van der Waals surface area contributed by atoms with Gasteiger partial charge in [0.15, 0.2) is 0 Å². The minimum absolute atomic E-state index is 0.0458. The zero-order chi connectivity index (χ0) is 20.5. The van der Waals surface area contributed by atoms with Gasteiger partial charge in [-0.15, -0.1) is 0 Å². The molecule has 2 aromatic carbocycles. The lowest BCUT2D eigenvalue weighted by Gasteiger charge is -2.19. The number of methoxy groups -OCH3 is 1. The molecule has 28 heavy (non-hydrogen) atoms. The van der Waals surface area contributed by atoms with Crippen molar-refractivity contribution in [2.75, 3.05) is 37.4 Å². The van der Waals surface area contributed by atoms with Crippen LogP contribution in [-0.4, -0.2) is 43.5 Å². The van der Waals surface area contributed by atoms with Crippen LogP contribution >= 0.6 is 11.6 Å². The smallest absolute Gasteiger partial charge is 0.238 e. The first-order valence-electron chi connectivity index (χ1n) is 8.61. The van der Waals surface area contributed by atoms with Gasteiger partial charge in [0.2, 0.25) is 11.8 Å². The minimum Gasteiger partial charge on any atom is -0.497 e. The quantitative estimate of drug-likeness (QED) is 0.709. The van der Waals surface area contributed by atoms with E-state index in [-0.39, 0.29) is 29.9 Å². The van der Waals surface area contributed by atoms with Crippen molar-refractivity contribution in [3.8, 4) is 11.8 Å². The molecule has 0 unspecified atom stereocenters. The highest BCUT2D eigenvalue weighted by atomic mass is 35.5. The highest BCUT2D eigenvalue weighted by Gasteiger charge is 2.14. The molecule has 7 nitrogen and oxygen atoms in total. The van der Waals surface area contributed by atoms with Crippen molar-refractivity contribution < 1.29 is 14.3 Å². The molecule has 0 spiro atoms. The topological polar surface area (TPSA) is 94.5 Å². The first-order chi connectivity index (χ1) is 13.4. The van der Waals surface area contributed by atoms with E-state index < -0.39 is 0 Å². The van der Waals surface area contributed by atoms with E-state index in [9.17, 15) is 9.59 Å². The Kier molecular flexibility index (Phi) is 7.81. The van der Waals surface area contributed by atoms with Crippen LogP contribution in [0.1, 0.15) is 12.5 Å². The van der Waals surface area contributed by atoms with Crippen LogP contribution in [0.15, 0.2) is 42.5 Å². The van der Waals surface area contributed by atoms with Gasteiger partial charge in [0, 0.05) is 11.4 Å². The maximum absolute atomic E-state index is 12.3. The van der Waals surface area contributed by atoms with Crippen molar-refractivity contribution in [3.05, 3.63) is 53.1 Å². The number of carbonyl (C=O) groups is 2. The van der Waals surface area contributed by atoms with Crippen LogP contribution in [-0.2, 0) is 9.59 Å². The molecule has 0 atom stereocenters. The number of benzene rings is 2. The number of carbonyl (C=O) groups excluding carboxylic acids is 2. The predicted octanol–water partition coefficient (Wildman–Crippen LogP) is 3.12. The Bertz CT molecular complexity index is 878. The van der Waals surface area contributed by atoms with Gasteiger partial charge in [-0.1, -0.05) is 18.5 Å². The second kappa shape index (κ2) is 10.3. The van der Waals surface area contributed by atoms with Crippen molar-refractivity contribution in [3.63, 3.8) is 0 Å². The predicted molar refractivity (Wildman–Crippen MR) is 109 cm³/mol. The van der Waals surface area contributed by atoms with Crippen LogP contribution in [0, 0.1) is 11.3 Å². The van der Waals surface area contributed by atoms with Crippen molar-refractivity contribution in [2.24, 2.45) is 0 Å². The van der Waals surface area contributed by atoms with E-state index in [1.165, 1.54) is 12.1 Å². The summed E-state index contributed by atoms with van der Waals surface area (Å²) in [4.78, 5) is 26.2. The summed E-state index contributed by atoms with van der Waals surface area (Å²) in [6, 6.07) is 13.6. The molecule has 0 bridgehead atoms. The molecule has 8 heteroatoms. The van der Waals surface area contributed by atoms with E-state index in [1.54, 1.807) is 42.3 Å². The third kappa shape index (κ3) is 6.27. The Morgan fingerprint density at radius 2 is 1.64 bits per heavy atom.